The molecule has 6 heteroatoms. The Hall–Kier alpha value is -3.64. The lowest BCUT2D eigenvalue weighted by Gasteiger charge is -2.19. The zero-order valence-electron chi connectivity index (χ0n) is 16.5. The van der Waals surface area contributed by atoms with Gasteiger partial charge in [-0.3, -0.25) is 9.69 Å². The molecule has 4 rings (SSSR count). The summed E-state index contributed by atoms with van der Waals surface area (Å²) in [4.78, 5) is 25.9. The van der Waals surface area contributed by atoms with E-state index in [0.717, 1.165) is 16.8 Å². The minimum atomic E-state index is -0.325. The fourth-order valence-corrected chi connectivity index (χ4v) is 3.44. The van der Waals surface area contributed by atoms with Crippen LogP contribution < -0.4 is 15.5 Å². The van der Waals surface area contributed by atoms with Gasteiger partial charge in [-0.2, -0.15) is 0 Å². The number of nitrogens with zero attached hydrogens (tertiary/aromatic N) is 1. The van der Waals surface area contributed by atoms with E-state index in [4.69, 9.17) is 4.74 Å². The number of carbonyl (C=O) groups excluding carboxylic acids is 2. The van der Waals surface area contributed by atoms with Gasteiger partial charge in [0.1, 0.15) is 12.7 Å². The maximum atomic E-state index is 12.5. The Kier molecular flexibility index (Phi) is 6.06. The first-order chi connectivity index (χ1) is 14.7. The number of urea groups is 1. The molecule has 0 aromatic heterocycles. The Morgan fingerprint density at radius 2 is 1.53 bits per heavy atom. The maximum Gasteiger partial charge on any atom is 0.321 e. The lowest BCUT2D eigenvalue weighted by Crippen LogP contribution is -2.27. The number of benzene rings is 3. The van der Waals surface area contributed by atoms with Gasteiger partial charge in [-0.15, -0.1) is 0 Å². The van der Waals surface area contributed by atoms with Crippen molar-refractivity contribution in [2.24, 2.45) is 0 Å². The van der Waals surface area contributed by atoms with Gasteiger partial charge in [0.2, 0.25) is 5.91 Å². The molecule has 0 unspecified atom stereocenters. The van der Waals surface area contributed by atoms with Gasteiger partial charge >= 0.3 is 6.03 Å². The number of anilines is 2. The maximum absolute atomic E-state index is 12.5. The van der Waals surface area contributed by atoms with Gasteiger partial charge in [-0.05, 0) is 35.4 Å². The molecule has 3 aromatic carbocycles. The third-order valence-electron chi connectivity index (χ3n) is 4.91. The van der Waals surface area contributed by atoms with Gasteiger partial charge in [0.15, 0.2) is 0 Å². The van der Waals surface area contributed by atoms with Crippen molar-refractivity contribution in [2.45, 2.75) is 6.10 Å². The second kappa shape index (κ2) is 9.24. The summed E-state index contributed by atoms with van der Waals surface area (Å²) in [5.41, 5.74) is 3.44. The topological polar surface area (TPSA) is 70.7 Å². The van der Waals surface area contributed by atoms with Crippen LogP contribution in [0.2, 0.25) is 0 Å². The van der Waals surface area contributed by atoms with Crippen LogP contribution >= 0.6 is 0 Å². The summed E-state index contributed by atoms with van der Waals surface area (Å²) < 4.78 is 5.99. The van der Waals surface area contributed by atoms with Gasteiger partial charge in [-0.1, -0.05) is 60.7 Å². The average molecular weight is 401 g/mol. The van der Waals surface area contributed by atoms with Crippen LogP contribution in [-0.2, 0) is 9.53 Å². The first-order valence-electron chi connectivity index (χ1n) is 9.87. The molecular formula is C24H23N3O3. The summed E-state index contributed by atoms with van der Waals surface area (Å²) in [7, 11) is 0. The first kappa shape index (κ1) is 19.7. The molecule has 3 amide bonds. The Labute approximate surface area is 175 Å². The fourth-order valence-electron chi connectivity index (χ4n) is 3.44. The molecular weight excluding hydrogens is 378 g/mol. The highest BCUT2D eigenvalue weighted by Crippen LogP contribution is 2.26. The minimum Gasteiger partial charge on any atom is -0.359 e. The molecule has 0 aliphatic carbocycles. The predicted octanol–water partition coefficient (Wildman–Crippen LogP) is 3.96. The summed E-state index contributed by atoms with van der Waals surface area (Å²) >= 11 is 0. The Morgan fingerprint density at radius 1 is 0.933 bits per heavy atom. The number of amides is 3. The Bertz CT molecular complexity index is 952. The zero-order chi connectivity index (χ0) is 20.8. The zero-order valence-corrected chi connectivity index (χ0v) is 16.5. The molecule has 2 N–H and O–H groups in total. The predicted molar refractivity (Wildman–Crippen MR) is 116 cm³/mol. The molecule has 3 aromatic rings. The van der Waals surface area contributed by atoms with Crippen molar-refractivity contribution in [3.8, 4) is 0 Å². The number of hydrogen-bond donors (Lipinski definition) is 2. The van der Waals surface area contributed by atoms with Crippen LogP contribution in [0.15, 0.2) is 84.9 Å². The minimum absolute atomic E-state index is 0.0786. The molecule has 0 bridgehead atoms. The van der Waals surface area contributed by atoms with Crippen molar-refractivity contribution in [3.05, 3.63) is 96.1 Å². The quantitative estimate of drug-likeness (QED) is 0.630. The van der Waals surface area contributed by atoms with Crippen LogP contribution in [0.5, 0.6) is 0 Å². The third-order valence-corrected chi connectivity index (χ3v) is 4.91. The normalized spacial score (nSPS) is 13.4. The SMILES string of the molecule is O=C(COC(c1ccccc1)c1ccccc1)Nc1ccc(N2CCNC2=O)cc1. The van der Waals surface area contributed by atoms with Crippen molar-refractivity contribution in [1.82, 2.24) is 5.32 Å². The molecule has 1 fully saturated rings. The summed E-state index contributed by atoms with van der Waals surface area (Å²) in [6, 6.07) is 26.8. The van der Waals surface area contributed by atoms with Crippen molar-refractivity contribution < 1.29 is 14.3 Å². The molecule has 0 spiro atoms. The van der Waals surface area contributed by atoms with Crippen LogP contribution in [0.4, 0.5) is 16.2 Å². The van der Waals surface area contributed by atoms with E-state index in [-0.39, 0.29) is 24.6 Å². The van der Waals surface area contributed by atoms with Crippen LogP contribution in [-0.4, -0.2) is 31.6 Å². The third kappa shape index (κ3) is 4.67. The van der Waals surface area contributed by atoms with Crippen molar-refractivity contribution >= 4 is 23.3 Å². The smallest absolute Gasteiger partial charge is 0.321 e. The average Bonchev–Trinajstić information content (AvgIpc) is 3.22. The number of rotatable bonds is 7. The van der Waals surface area contributed by atoms with Crippen molar-refractivity contribution in [2.75, 3.05) is 29.9 Å². The van der Waals surface area contributed by atoms with Crippen molar-refractivity contribution in [3.63, 3.8) is 0 Å². The van der Waals surface area contributed by atoms with E-state index in [1.54, 1.807) is 17.0 Å². The highest BCUT2D eigenvalue weighted by atomic mass is 16.5. The van der Waals surface area contributed by atoms with E-state index in [1.165, 1.54) is 0 Å². The second-order valence-corrected chi connectivity index (χ2v) is 6.99. The highest BCUT2D eigenvalue weighted by molar-refractivity contribution is 5.95. The van der Waals surface area contributed by atoms with E-state index < -0.39 is 0 Å². The molecule has 6 nitrogen and oxygen atoms in total. The standard InChI is InChI=1S/C24H23N3O3/c28-22(26-20-11-13-21(14-12-20)27-16-15-25-24(27)29)17-30-23(18-7-3-1-4-8-18)19-9-5-2-6-10-19/h1-14,23H,15-17H2,(H,25,29)(H,26,28). The van der Waals surface area contributed by atoms with E-state index >= 15 is 0 Å². The molecule has 1 aliphatic heterocycles. The molecule has 1 saturated heterocycles. The van der Waals surface area contributed by atoms with Crippen LogP contribution in [0.1, 0.15) is 17.2 Å². The van der Waals surface area contributed by atoms with E-state index in [9.17, 15) is 9.59 Å². The number of hydrogen-bond acceptors (Lipinski definition) is 3. The Morgan fingerprint density at radius 3 is 2.07 bits per heavy atom. The van der Waals surface area contributed by atoms with Gasteiger partial charge < -0.3 is 15.4 Å². The number of carbonyl (C=O) groups is 2. The molecule has 152 valence electrons. The Balaban J connectivity index is 1.38. The van der Waals surface area contributed by atoms with Gasteiger partial charge in [0.25, 0.3) is 0 Å². The van der Waals surface area contributed by atoms with E-state index in [0.29, 0.717) is 18.8 Å². The van der Waals surface area contributed by atoms with Gasteiger partial charge in [-0.25, -0.2) is 4.79 Å². The van der Waals surface area contributed by atoms with E-state index in [2.05, 4.69) is 10.6 Å². The lowest BCUT2D eigenvalue weighted by atomic mass is 10.0. The fraction of sp³-hybridized carbons (Fsp3) is 0.167. The summed E-state index contributed by atoms with van der Waals surface area (Å²) in [6.45, 7) is 1.20. The van der Waals surface area contributed by atoms with E-state index in [1.807, 2.05) is 72.8 Å². The van der Waals surface area contributed by atoms with Crippen LogP contribution in [0.3, 0.4) is 0 Å². The van der Waals surface area contributed by atoms with Crippen molar-refractivity contribution in [1.29, 1.82) is 0 Å². The van der Waals surface area contributed by atoms with Crippen LogP contribution in [0.25, 0.3) is 0 Å². The summed E-state index contributed by atoms with van der Waals surface area (Å²) in [6.07, 6.45) is -0.325. The molecule has 1 heterocycles. The summed E-state index contributed by atoms with van der Waals surface area (Å²) in [5.74, 6) is -0.237. The molecule has 0 saturated carbocycles. The highest BCUT2D eigenvalue weighted by Gasteiger charge is 2.21. The number of ether oxygens (including phenoxy) is 1. The van der Waals surface area contributed by atoms with Crippen LogP contribution in [0, 0.1) is 0 Å². The number of nitrogens with one attached hydrogen (secondary N) is 2. The lowest BCUT2D eigenvalue weighted by molar-refractivity contribution is -0.121. The summed E-state index contributed by atoms with van der Waals surface area (Å²) in [5, 5.41) is 5.62. The molecule has 0 radical (unpaired) electrons. The monoisotopic (exact) mass is 401 g/mol. The molecule has 30 heavy (non-hydrogen) atoms. The molecule has 0 atom stereocenters. The van der Waals surface area contributed by atoms with Gasteiger partial charge in [0, 0.05) is 24.5 Å². The largest absolute Gasteiger partial charge is 0.359 e. The first-order valence-corrected chi connectivity index (χ1v) is 9.87. The van der Waals surface area contributed by atoms with Gasteiger partial charge in [0.05, 0.1) is 0 Å². The second-order valence-electron chi connectivity index (χ2n) is 6.99. The molecule has 1 aliphatic rings.